The molecular weight excluding hydrogens is 372 g/mol. The van der Waals surface area contributed by atoms with Crippen LogP contribution >= 0.6 is 0 Å². The Labute approximate surface area is 168 Å². The highest BCUT2D eigenvalue weighted by molar-refractivity contribution is 6.74. The molecule has 27 heavy (non-hydrogen) atoms. The second-order valence-corrected chi connectivity index (χ2v) is 20.8. The van der Waals surface area contributed by atoms with Crippen molar-refractivity contribution in [1.82, 2.24) is 0 Å². The molecule has 0 saturated heterocycles. The first kappa shape index (κ1) is 22.8. The lowest BCUT2D eigenvalue weighted by atomic mass is 9.80. The molecule has 0 amide bonds. The maximum absolute atomic E-state index is 11.9. The van der Waals surface area contributed by atoms with Gasteiger partial charge in [-0.15, -0.1) is 0 Å². The molecule has 0 radical (unpaired) electrons. The van der Waals surface area contributed by atoms with Gasteiger partial charge in [-0.2, -0.15) is 0 Å². The molecule has 2 rings (SSSR count). The van der Waals surface area contributed by atoms with Crippen molar-refractivity contribution in [3.05, 3.63) is 11.6 Å². The molecule has 4 nitrogen and oxygen atoms in total. The van der Waals surface area contributed by atoms with Crippen LogP contribution in [-0.2, 0) is 18.4 Å². The van der Waals surface area contributed by atoms with E-state index in [4.69, 9.17) is 13.6 Å². The van der Waals surface area contributed by atoms with E-state index in [2.05, 4.69) is 67.7 Å². The molecule has 3 atom stereocenters. The van der Waals surface area contributed by atoms with Gasteiger partial charge >= 0.3 is 5.97 Å². The van der Waals surface area contributed by atoms with Crippen LogP contribution in [0.5, 0.6) is 0 Å². The molecule has 0 unspecified atom stereocenters. The van der Waals surface area contributed by atoms with Crippen molar-refractivity contribution in [3.63, 3.8) is 0 Å². The fraction of sp³-hybridized carbons (Fsp3) is 0.857. The van der Waals surface area contributed by atoms with Crippen molar-refractivity contribution in [2.24, 2.45) is 5.92 Å². The van der Waals surface area contributed by atoms with Crippen molar-refractivity contribution in [2.75, 3.05) is 6.61 Å². The summed E-state index contributed by atoms with van der Waals surface area (Å²) in [5.41, 5.74) is 1.16. The summed E-state index contributed by atoms with van der Waals surface area (Å²) in [5.74, 6) is -0.0450. The predicted octanol–water partition coefficient (Wildman–Crippen LogP) is 5.66. The lowest BCUT2D eigenvalue weighted by Crippen LogP contribution is -2.52. The van der Waals surface area contributed by atoms with Crippen LogP contribution in [0.1, 0.15) is 54.4 Å². The van der Waals surface area contributed by atoms with Crippen LogP contribution in [-0.4, -0.2) is 41.4 Å². The Bertz CT molecular complexity index is 596. The van der Waals surface area contributed by atoms with Crippen molar-refractivity contribution in [3.8, 4) is 0 Å². The zero-order valence-corrected chi connectivity index (χ0v) is 21.1. The monoisotopic (exact) mass is 412 g/mol. The van der Waals surface area contributed by atoms with Gasteiger partial charge in [-0.05, 0) is 49.1 Å². The first-order valence-corrected chi connectivity index (χ1v) is 16.1. The van der Waals surface area contributed by atoms with Gasteiger partial charge < -0.3 is 13.6 Å². The molecule has 0 spiro atoms. The SMILES string of the molecule is CC(C)(C)[Si](C)(C)O[C@@H]1CC2=CC(=O)OC[C@H]2[C@@H](O[Si](C)(C)C(C)(C)C)C1. The standard InChI is InChI=1S/C21H40O4Si2/c1-20(2,3)26(7,8)24-16-11-15-12-19(22)23-14-17(15)18(13-16)25-27(9,10)21(4,5)6/h12,16-18H,11,13-14H2,1-10H3/t16-,17-,18+/m1/s1. The minimum atomic E-state index is -1.92. The molecule has 1 aliphatic carbocycles. The topological polar surface area (TPSA) is 44.8 Å². The van der Waals surface area contributed by atoms with Gasteiger partial charge in [-0.3, -0.25) is 0 Å². The second-order valence-electron chi connectivity index (χ2n) is 11.3. The number of rotatable bonds is 4. The van der Waals surface area contributed by atoms with E-state index in [-0.39, 0.29) is 34.2 Å². The average Bonchev–Trinajstić information content (AvgIpc) is 2.43. The van der Waals surface area contributed by atoms with E-state index < -0.39 is 16.6 Å². The van der Waals surface area contributed by atoms with Crippen molar-refractivity contribution < 1.29 is 18.4 Å². The number of ether oxygens (including phenoxy) is 1. The van der Waals surface area contributed by atoms with E-state index in [1.165, 1.54) is 0 Å². The molecule has 1 fully saturated rings. The number of carbonyl (C=O) groups excluding carboxylic acids is 1. The Morgan fingerprint density at radius 2 is 1.48 bits per heavy atom. The van der Waals surface area contributed by atoms with Crippen molar-refractivity contribution in [2.45, 2.75) is 103 Å². The average molecular weight is 413 g/mol. The highest BCUT2D eigenvalue weighted by Gasteiger charge is 2.47. The zero-order valence-electron chi connectivity index (χ0n) is 19.1. The first-order valence-electron chi connectivity index (χ1n) is 10.3. The van der Waals surface area contributed by atoms with E-state index in [9.17, 15) is 4.79 Å². The minimum Gasteiger partial charge on any atom is -0.462 e. The van der Waals surface area contributed by atoms with Gasteiger partial charge in [-0.1, -0.05) is 47.1 Å². The molecule has 1 heterocycles. The van der Waals surface area contributed by atoms with E-state index in [1.807, 2.05) is 0 Å². The Morgan fingerprint density at radius 1 is 0.963 bits per heavy atom. The van der Waals surface area contributed by atoms with E-state index in [1.54, 1.807) is 6.08 Å². The summed E-state index contributed by atoms with van der Waals surface area (Å²) in [6.07, 6.45) is 3.59. The van der Waals surface area contributed by atoms with Gasteiger partial charge in [0.1, 0.15) is 6.61 Å². The highest BCUT2D eigenvalue weighted by atomic mass is 28.4. The van der Waals surface area contributed by atoms with Crippen LogP contribution in [0.2, 0.25) is 36.3 Å². The maximum Gasteiger partial charge on any atom is 0.330 e. The van der Waals surface area contributed by atoms with Gasteiger partial charge in [0, 0.05) is 12.0 Å². The number of hydrogen-bond acceptors (Lipinski definition) is 4. The van der Waals surface area contributed by atoms with Crippen LogP contribution < -0.4 is 0 Å². The Balaban J connectivity index is 2.27. The molecule has 0 aromatic rings. The second kappa shape index (κ2) is 7.43. The number of hydrogen-bond donors (Lipinski definition) is 0. The van der Waals surface area contributed by atoms with Crippen LogP contribution in [0.3, 0.4) is 0 Å². The summed E-state index contributed by atoms with van der Waals surface area (Å²) in [4.78, 5) is 11.9. The molecule has 0 aromatic heterocycles. The number of esters is 1. The van der Waals surface area contributed by atoms with Gasteiger partial charge in [0.2, 0.25) is 0 Å². The molecule has 0 aromatic carbocycles. The first-order chi connectivity index (χ1) is 12.0. The third kappa shape index (κ3) is 5.14. The van der Waals surface area contributed by atoms with Gasteiger partial charge in [0.25, 0.3) is 0 Å². The lowest BCUT2D eigenvalue weighted by molar-refractivity contribution is -0.142. The highest BCUT2D eigenvalue weighted by Crippen LogP contribution is 2.45. The smallest absolute Gasteiger partial charge is 0.330 e. The zero-order chi connectivity index (χ0) is 20.8. The summed E-state index contributed by atoms with van der Waals surface area (Å²) in [6.45, 7) is 23.2. The molecule has 0 bridgehead atoms. The molecule has 156 valence electrons. The van der Waals surface area contributed by atoms with E-state index in [0.29, 0.717) is 6.61 Å². The summed E-state index contributed by atoms with van der Waals surface area (Å²) in [5, 5.41) is 0.314. The van der Waals surface area contributed by atoms with Crippen molar-refractivity contribution in [1.29, 1.82) is 0 Å². The Hall–Kier alpha value is -0.436. The fourth-order valence-corrected chi connectivity index (χ4v) is 6.01. The molecule has 6 heteroatoms. The number of carbonyl (C=O) groups is 1. The minimum absolute atomic E-state index is 0.0637. The van der Waals surface area contributed by atoms with Crippen LogP contribution in [0.4, 0.5) is 0 Å². The summed E-state index contributed by atoms with van der Waals surface area (Å²) >= 11 is 0. The third-order valence-electron chi connectivity index (χ3n) is 7.11. The normalized spacial score (nSPS) is 27.7. The largest absolute Gasteiger partial charge is 0.462 e. The summed E-state index contributed by atoms with van der Waals surface area (Å²) in [7, 11) is -3.80. The van der Waals surface area contributed by atoms with Crippen LogP contribution in [0, 0.1) is 5.92 Å². The maximum atomic E-state index is 11.9. The van der Waals surface area contributed by atoms with Crippen LogP contribution in [0.15, 0.2) is 11.6 Å². The van der Waals surface area contributed by atoms with E-state index >= 15 is 0 Å². The summed E-state index contributed by atoms with van der Waals surface area (Å²) in [6, 6.07) is 0. The predicted molar refractivity (Wildman–Crippen MR) is 116 cm³/mol. The number of fused-ring (bicyclic) bond motifs is 1. The third-order valence-corrected chi connectivity index (χ3v) is 16.2. The molecule has 1 saturated carbocycles. The molecular formula is C21H40O4Si2. The Morgan fingerprint density at radius 3 is 2.00 bits per heavy atom. The van der Waals surface area contributed by atoms with Gasteiger partial charge in [0.05, 0.1) is 12.2 Å². The quantitative estimate of drug-likeness (QED) is 0.441. The lowest BCUT2D eigenvalue weighted by Gasteiger charge is -2.48. The van der Waals surface area contributed by atoms with Gasteiger partial charge in [-0.25, -0.2) is 4.79 Å². The fourth-order valence-electron chi connectivity index (χ4n) is 3.27. The molecule has 2 aliphatic rings. The Kier molecular flexibility index (Phi) is 6.29. The number of cyclic esters (lactones) is 1. The van der Waals surface area contributed by atoms with Gasteiger partial charge in [0.15, 0.2) is 16.6 Å². The van der Waals surface area contributed by atoms with Crippen LogP contribution in [0.25, 0.3) is 0 Å². The molecule has 0 N–H and O–H groups in total. The molecule has 1 aliphatic heterocycles. The summed E-state index contributed by atoms with van der Waals surface area (Å²) < 4.78 is 18.9. The van der Waals surface area contributed by atoms with E-state index in [0.717, 1.165) is 18.4 Å². The van der Waals surface area contributed by atoms with Crippen molar-refractivity contribution >= 4 is 22.6 Å².